The van der Waals surface area contributed by atoms with Crippen LogP contribution in [0.15, 0.2) is 36.4 Å². The summed E-state index contributed by atoms with van der Waals surface area (Å²) in [6.07, 6.45) is 0. The van der Waals surface area contributed by atoms with Crippen LogP contribution in [0.4, 0.5) is 15.8 Å². The Morgan fingerprint density at radius 1 is 1.33 bits per heavy atom. The number of rotatable bonds is 4. The van der Waals surface area contributed by atoms with Crippen molar-refractivity contribution in [2.24, 2.45) is 0 Å². The lowest BCUT2D eigenvalue weighted by atomic mass is 10.1. The minimum atomic E-state index is -0.560. The summed E-state index contributed by atoms with van der Waals surface area (Å²) in [7, 11) is 0. The van der Waals surface area contributed by atoms with Crippen molar-refractivity contribution in [3.63, 3.8) is 0 Å². The molecule has 0 aliphatic heterocycles. The number of nitrogen functional groups attached to an aromatic ring is 1. The lowest BCUT2D eigenvalue weighted by Crippen LogP contribution is -2.12. The van der Waals surface area contributed by atoms with E-state index in [4.69, 9.17) is 22.1 Å². The van der Waals surface area contributed by atoms with Crippen LogP contribution in [0.5, 0.6) is 5.75 Å². The summed E-state index contributed by atoms with van der Waals surface area (Å²) in [4.78, 5) is 12.0. The van der Waals surface area contributed by atoms with E-state index in [1.165, 1.54) is 12.1 Å². The second-order valence-electron chi connectivity index (χ2n) is 4.27. The molecule has 6 heteroatoms. The smallest absolute Gasteiger partial charge is 0.255 e. The highest BCUT2D eigenvalue weighted by Crippen LogP contribution is 2.28. The monoisotopic (exact) mass is 308 g/mol. The number of carbonyl (C=O) groups excluding carboxylic acids is 1. The molecule has 0 unspecified atom stereocenters. The number of benzene rings is 2. The molecular weight excluding hydrogens is 295 g/mol. The summed E-state index contributed by atoms with van der Waals surface area (Å²) in [6, 6.07) is 8.70. The van der Waals surface area contributed by atoms with Gasteiger partial charge in [-0.25, -0.2) is 4.39 Å². The van der Waals surface area contributed by atoms with Gasteiger partial charge in [0, 0.05) is 11.3 Å². The molecule has 2 aromatic rings. The van der Waals surface area contributed by atoms with Crippen LogP contribution in [-0.2, 0) is 0 Å². The Labute approximate surface area is 126 Å². The number of hydrogen-bond donors (Lipinski definition) is 2. The molecule has 0 atom stereocenters. The van der Waals surface area contributed by atoms with Gasteiger partial charge >= 0.3 is 0 Å². The van der Waals surface area contributed by atoms with Gasteiger partial charge in [-0.1, -0.05) is 11.6 Å². The average Bonchev–Trinajstić information content (AvgIpc) is 2.45. The molecule has 0 saturated heterocycles. The number of ether oxygens (including phenoxy) is 1. The number of anilines is 2. The van der Waals surface area contributed by atoms with Gasteiger partial charge in [0.05, 0.1) is 17.3 Å². The molecule has 1 amide bonds. The van der Waals surface area contributed by atoms with E-state index in [1.54, 1.807) is 18.2 Å². The van der Waals surface area contributed by atoms with Crippen LogP contribution in [0.25, 0.3) is 0 Å². The third-order valence-electron chi connectivity index (χ3n) is 2.75. The van der Waals surface area contributed by atoms with Crippen molar-refractivity contribution in [3.8, 4) is 5.75 Å². The van der Waals surface area contributed by atoms with Crippen LogP contribution in [0, 0.1) is 5.82 Å². The topological polar surface area (TPSA) is 64.3 Å². The van der Waals surface area contributed by atoms with Gasteiger partial charge in [0.1, 0.15) is 11.6 Å². The first-order valence-corrected chi connectivity index (χ1v) is 6.67. The maximum absolute atomic E-state index is 13.1. The molecule has 0 bridgehead atoms. The van der Waals surface area contributed by atoms with Crippen LogP contribution in [0.2, 0.25) is 5.02 Å². The number of carbonyl (C=O) groups is 1. The highest BCUT2D eigenvalue weighted by atomic mass is 35.5. The molecule has 0 fully saturated rings. The zero-order chi connectivity index (χ0) is 15.4. The molecule has 2 aromatic carbocycles. The van der Waals surface area contributed by atoms with E-state index < -0.39 is 11.7 Å². The maximum Gasteiger partial charge on any atom is 0.255 e. The van der Waals surface area contributed by atoms with Crippen molar-refractivity contribution < 1.29 is 13.9 Å². The second kappa shape index (κ2) is 6.45. The summed E-state index contributed by atoms with van der Waals surface area (Å²) in [5.41, 5.74) is 6.13. The molecule has 110 valence electrons. The fraction of sp³-hybridized carbons (Fsp3) is 0.133. The number of halogens is 2. The standard InChI is InChI=1S/C15H14ClFN2O2/c1-2-21-14-6-4-10(8-11(14)16)19-15(20)9-3-5-12(17)13(18)7-9/h3-8H,2,18H2,1H3,(H,19,20). The van der Waals surface area contributed by atoms with Gasteiger partial charge < -0.3 is 15.8 Å². The second-order valence-corrected chi connectivity index (χ2v) is 4.68. The predicted molar refractivity (Wildman–Crippen MR) is 81.4 cm³/mol. The Morgan fingerprint density at radius 3 is 2.71 bits per heavy atom. The molecule has 0 spiro atoms. The summed E-state index contributed by atoms with van der Waals surface area (Å²) in [6.45, 7) is 2.35. The van der Waals surface area contributed by atoms with Crippen molar-refractivity contribution in [3.05, 3.63) is 52.8 Å². The highest BCUT2D eigenvalue weighted by Gasteiger charge is 2.10. The summed E-state index contributed by atoms with van der Waals surface area (Å²) < 4.78 is 18.4. The summed E-state index contributed by atoms with van der Waals surface area (Å²) >= 11 is 6.04. The van der Waals surface area contributed by atoms with Gasteiger partial charge in [-0.05, 0) is 43.3 Å². The van der Waals surface area contributed by atoms with Gasteiger partial charge in [0.2, 0.25) is 0 Å². The number of amides is 1. The molecule has 0 saturated carbocycles. The molecule has 21 heavy (non-hydrogen) atoms. The average molecular weight is 309 g/mol. The SMILES string of the molecule is CCOc1ccc(NC(=O)c2ccc(F)c(N)c2)cc1Cl. The van der Waals surface area contributed by atoms with Crippen LogP contribution in [0.3, 0.4) is 0 Å². The van der Waals surface area contributed by atoms with Gasteiger partial charge in [-0.3, -0.25) is 4.79 Å². The molecular formula is C15H14ClFN2O2. The third kappa shape index (κ3) is 3.64. The Hall–Kier alpha value is -2.27. The first kappa shape index (κ1) is 15.1. The quantitative estimate of drug-likeness (QED) is 0.846. The zero-order valence-electron chi connectivity index (χ0n) is 11.3. The lowest BCUT2D eigenvalue weighted by molar-refractivity contribution is 0.102. The van der Waals surface area contributed by atoms with E-state index in [0.29, 0.717) is 23.1 Å². The fourth-order valence-electron chi connectivity index (χ4n) is 1.74. The van der Waals surface area contributed by atoms with E-state index >= 15 is 0 Å². The van der Waals surface area contributed by atoms with Gasteiger partial charge in [-0.2, -0.15) is 0 Å². The Balaban J connectivity index is 2.15. The molecule has 2 rings (SSSR count). The maximum atomic E-state index is 13.1. The van der Waals surface area contributed by atoms with Crippen molar-refractivity contribution >= 4 is 28.9 Å². The lowest BCUT2D eigenvalue weighted by Gasteiger charge is -2.09. The van der Waals surface area contributed by atoms with Crippen LogP contribution >= 0.6 is 11.6 Å². The first-order chi connectivity index (χ1) is 10.0. The zero-order valence-corrected chi connectivity index (χ0v) is 12.1. The predicted octanol–water partition coefficient (Wildman–Crippen LogP) is 3.71. The first-order valence-electron chi connectivity index (χ1n) is 6.30. The molecule has 0 aliphatic rings. The Bertz CT molecular complexity index is 677. The van der Waals surface area contributed by atoms with Crippen molar-refractivity contribution in [1.29, 1.82) is 0 Å². The number of nitrogens with two attached hydrogens (primary N) is 1. The Kier molecular flexibility index (Phi) is 4.65. The van der Waals surface area contributed by atoms with E-state index in [9.17, 15) is 9.18 Å². The van der Waals surface area contributed by atoms with Crippen LogP contribution in [-0.4, -0.2) is 12.5 Å². The minimum Gasteiger partial charge on any atom is -0.492 e. The molecule has 0 aromatic heterocycles. The number of hydrogen-bond acceptors (Lipinski definition) is 3. The molecule has 0 heterocycles. The molecule has 4 nitrogen and oxygen atoms in total. The van der Waals surface area contributed by atoms with Gasteiger partial charge in [0.15, 0.2) is 0 Å². The van der Waals surface area contributed by atoms with Crippen molar-refractivity contribution in [1.82, 2.24) is 0 Å². The normalized spacial score (nSPS) is 10.2. The molecule has 0 aliphatic carbocycles. The van der Waals surface area contributed by atoms with E-state index in [-0.39, 0.29) is 11.3 Å². The molecule has 0 radical (unpaired) electrons. The third-order valence-corrected chi connectivity index (χ3v) is 3.04. The van der Waals surface area contributed by atoms with Gasteiger partial charge in [-0.15, -0.1) is 0 Å². The van der Waals surface area contributed by atoms with Crippen molar-refractivity contribution in [2.45, 2.75) is 6.92 Å². The highest BCUT2D eigenvalue weighted by molar-refractivity contribution is 6.32. The Morgan fingerprint density at radius 2 is 2.10 bits per heavy atom. The van der Waals surface area contributed by atoms with E-state index in [0.717, 1.165) is 6.07 Å². The summed E-state index contributed by atoms with van der Waals surface area (Å²) in [5.74, 6) is -0.416. The fourth-order valence-corrected chi connectivity index (χ4v) is 1.97. The molecule has 3 N–H and O–H groups in total. The van der Waals surface area contributed by atoms with Crippen LogP contribution < -0.4 is 15.8 Å². The summed E-state index contributed by atoms with van der Waals surface area (Å²) in [5, 5.41) is 3.05. The minimum absolute atomic E-state index is 0.0765. The van der Waals surface area contributed by atoms with Crippen molar-refractivity contribution in [2.75, 3.05) is 17.7 Å². The largest absolute Gasteiger partial charge is 0.492 e. The number of nitrogens with one attached hydrogen (secondary N) is 1. The van der Waals surface area contributed by atoms with Gasteiger partial charge in [0.25, 0.3) is 5.91 Å². The van der Waals surface area contributed by atoms with E-state index in [1.807, 2.05) is 6.92 Å². The van der Waals surface area contributed by atoms with E-state index in [2.05, 4.69) is 5.32 Å². The van der Waals surface area contributed by atoms with Crippen LogP contribution in [0.1, 0.15) is 17.3 Å².